The lowest BCUT2D eigenvalue weighted by Gasteiger charge is -2.22. The number of carbonyl (C=O) groups is 3. The number of aromatic nitrogens is 2. The van der Waals surface area contributed by atoms with E-state index >= 15 is 0 Å². The van der Waals surface area contributed by atoms with Gasteiger partial charge in [0.2, 0.25) is 5.91 Å². The maximum atomic E-state index is 12.5. The van der Waals surface area contributed by atoms with E-state index < -0.39 is 29.2 Å². The number of ether oxygens (including phenoxy) is 2. The fourth-order valence-corrected chi connectivity index (χ4v) is 3.42. The molecule has 0 bridgehead atoms. The summed E-state index contributed by atoms with van der Waals surface area (Å²) in [5.74, 6) is -1.39. The quantitative estimate of drug-likeness (QED) is 0.481. The molecular weight excluding hydrogens is 460 g/mol. The number of fused-ring (bicyclic) bond motifs is 1. The fraction of sp³-hybridized carbons (Fsp3) is 0.407. The first kappa shape index (κ1) is 26.9. The van der Waals surface area contributed by atoms with Gasteiger partial charge in [-0.15, -0.1) is 0 Å². The van der Waals surface area contributed by atoms with Crippen LogP contribution in [0.3, 0.4) is 0 Å². The lowest BCUT2D eigenvalue weighted by molar-refractivity contribution is -0.157. The Morgan fingerprint density at radius 3 is 2.39 bits per heavy atom. The number of rotatable bonds is 7. The topological polar surface area (TPSA) is 125 Å². The molecule has 2 heterocycles. The van der Waals surface area contributed by atoms with Crippen molar-refractivity contribution in [1.82, 2.24) is 14.7 Å². The second-order valence-electron chi connectivity index (χ2n) is 10.6. The van der Waals surface area contributed by atoms with Crippen molar-refractivity contribution in [2.75, 3.05) is 0 Å². The van der Waals surface area contributed by atoms with Crippen molar-refractivity contribution in [3.8, 4) is 11.3 Å². The van der Waals surface area contributed by atoms with Crippen LogP contribution in [0.25, 0.3) is 16.9 Å². The number of amides is 1. The van der Waals surface area contributed by atoms with Crippen LogP contribution in [-0.2, 0) is 25.6 Å². The number of hydrogen-bond donors (Lipinski definition) is 2. The lowest BCUT2D eigenvalue weighted by Crippen LogP contribution is -2.41. The van der Waals surface area contributed by atoms with Gasteiger partial charge < -0.3 is 24.9 Å². The molecule has 1 unspecified atom stereocenters. The molecule has 3 aromatic rings. The van der Waals surface area contributed by atoms with Gasteiger partial charge in [0.15, 0.2) is 0 Å². The molecule has 0 spiro atoms. The van der Waals surface area contributed by atoms with Crippen molar-refractivity contribution < 1.29 is 23.9 Å². The van der Waals surface area contributed by atoms with Gasteiger partial charge in [-0.25, -0.2) is 9.78 Å². The highest BCUT2D eigenvalue weighted by Gasteiger charge is 2.24. The van der Waals surface area contributed by atoms with Crippen molar-refractivity contribution in [3.63, 3.8) is 0 Å². The number of benzene rings is 1. The highest BCUT2D eigenvalue weighted by Crippen LogP contribution is 2.23. The molecular formula is C27H34N4O5. The van der Waals surface area contributed by atoms with Gasteiger partial charge in [0.25, 0.3) is 0 Å². The number of nitrogens with zero attached hydrogens (tertiary/aromatic N) is 2. The molecule has 9 heteroatoms. The van der Waals surface area contributed by atoms with Gasteiger partial charge in [0, 0.05) is 30.1 Å². The van der Waals surface area contributed by atoms with Gasteiger partial charge in [-0.2, -0.15) is 0 Å². The minimum absolute atomic E-state index is 0.185. The SMILES string of the molecule is CC(C)(C)OC(=O)c1cccc(-c2cn3cccc(CNC(=O)CC(N)C(=O)OC(C)(C)C)c3n2)c1. The Bertz CT molecular complexity index is 1270. The van der Waals surface area contributed by atoms with Crippen LogP contribution in [0, 0.1) is 0 Å². The zero-order valence-corrected chi connectivity index (χ0v) is 21.6. The number of hydrogen-bond acceptors (Lipinski definition) is 7. The van der Waals surface area contributed by atoms with Gasteiger partial charge in [0.05, 0.1) is 17.7 Å². The molecule has 3 rings (SSSR count). The monoisotopic (exact) mass is 494 g/mol. The van der Waals surface area contributed by atoms with Crippen LogP contribution in [0.2, 0.25) is 0 Å². The smallest absolute Gasteiger partial charge is 0.338 e. The summed E-state index contributed by atoms with van der Waals surface area (Å²) >= 11 is 0. The Morgan fingerprint density at radius 2 is 1.72 bits per heavy atom. The third-order valence-corrected chi connectivity index (χ3v) is 4.95. The van der Waals surface area contributed by atoms with E-state index in [-0.39, 0.29) is 18.9 Å². The Balaban J connectivity index is 1.72. The molecule has 0 aliphatic rings. The van der Waals surface area contributed by atoms with E-state index in [1.54, 1.807) is 39.0 Å². The van der Waals surface area contributed by atoms with E-state index in [0.29, 0.717) is 16.9 Å². The van der Waals surface area contributed by atoms with Gasteiger partial charge in [-0.1, -0.05) is 18.2 Å². The Labute approximate surface area is 211 Å². The van der Waals surface area contributed by atoms with Gasteiger partial charge in [0.1, 0.15) is 22.9 Å². The molecule has 1 aromatic carbocycles. The first-order chi connectivity index (χ1) is 16.7. The summed E-state index contributed by atoms with van der Waals surface area (Å²) in [5, 5.41) is 2.79. The van der Waals surface area contributed by atoms with Crippen LogP contribution in [0.5, 0.6) is 0 Å². The second kappa shape index (κ2) is 10.5. The summed E-state index contributed by atoms with van der Waals surface area (Å²) in [6.45, 7) is 10.9. The summed E-state index contributed by atoms with van der Waals surface area (Å²) < 4.78 is 12.5. The predicted octanol–water partition coefficient (Wildman–Crippen LogP) is 3.63. The Morgan fingerprint density at radius 1 is 1.03 bits per heavy atom. The third kappa shape index (κ3) is 7.39. The standard InChI is InChI=1S/C27H34N4O5/c1-26(2,3)35-24(33)18-10-7-9-17(13-18)21-16-31-12-8-11-19(23(31)30-21)15-29-22(32)14-20(28)25(34)36-27(4,5)6/h7-13,16,20H,14-15,28H2,1-6H3,(H,29,32). The van der Waals surface area contributed by atoms with Gasteiger partial charge in [-0.3, -0.25) is 9.59 Å². The van der Waals surface area contributed by atoms with E-state index in [4.69, 9.17) is 20.2 Å². The van der Waals surface area contributed by atoms with E-state index in [1.807, 2.05) is 55.8 Å². The molecule has 1 amide bonds. The van der Waals surface area contributed by atoms with Gasteiger partial charge in [-0.05, 0) is 59.7 Å². The zero-order valence-electron chi connectivity index (χ0n) is 21.6. The maximum Gasteiger partial charge on any atom is 0.338 e. The first-order valence-electron chi connectivity index (χ1n) is 11.8. The molecule has 0 aliphatic carbocycles. The third-order valence-electron chi connectivity index (χ3n) is 4.95. The zero-order chi connectivity index (χ0) is 26.7. The molecule has 9 nitrogen and oxygen atoms in total. The van der Waals surface area contributed by atoms with Crippen LogP contribution in [0.4, 0.5) is 0 Å². The molecule has 2 aromatic heterocycles. The van der Waals surface area contributed by atoms with Crippen LogP contribution < -0.4 is 11.1 Å². The number of carbonyl (C=O) groups excluding carboxylic acids is 3. The normalized spacial score (nSPS) is 12.8. The molecule has 36 heavy (non-hydrogen) atoms. The molecule has 192 valence electrons. The summed E-state index contributed by atoms with van der Waals surface area (Å²) in [6.07, 6.45) is 3.52. The summed E-state index contributed by atoms with van der Waals surface area (Å²) in [4.78, 5) is 41.6. The first-order valence-corrected chi connectivity index (χ1v) is 11.8. The molecule has 0 fully saturated rings. The minimum Gasteiger partial charge on any atom is -0.459 e. The minimum atomic E-state index is -1.05. The molecule has 3 N–H and O–H groups in total. The van der Waals surface area contributed by atoms with Crippen molar-refractivity contribution in [2.24, 2.45) is 5.73 Å². The number of nitrogens with two attached hydrogens (primary N) is 1. The van der Waals surface area contributed by atoms with E-state index in [0.717, 1.165) is 11.1 Å². The molecule has 0 aliphatic heterocycles. The second-order valence-corrected chi connectivity index (χ2v) is 10.6. The number of imidazole rings is 1. The van der Waals surface area contributed by atoms with Crippen molar-refractivity contribution in [2.45, 2.75) is 71.8 Å². The molecule has 0 saturated carbocycles. The average molecular weight is 495 g/mol. The van der Waals surface area contributed by atoms with Crippen LogP contribution in [0.1, 0.15) is 63.9 Å². The van der Waals surface area contributed by atoms with Gasteiger partial charge >= 0.3 is 11.9 Å². The number of esters is 2. The average Bonchev–Trinajstić information content (AvgIpc) is 3.20. The largest absolute Gasteiger partial charge is 0.459 e. The molecule has 1 atom stereocenters. The highest BCUT2D eigenvalue weighted by atomic mass is 16.6. The van der Waals surface area contributed by atoms with E-state index in [2.05, 4.69) is 5.32 Å². The highest BCUT2D eigenvalue weighted by molar-refractivity contribution is 5.91. The summed E-state index contributed by atoms with van der Waals surface area (Å²) in [5.41, 5.74) is 7.89. The van der Waals surface area contributed by atoms with Crippen LogP contribution >= 0.6 is 0 Å². The Kier molecular flexibility index (Phi) is 7.83. The van der Waals surface area contributed by atoms with Crippen LogP contribution in [-0.4, -0.2) is 44.5 Å². The van der Waals surface area contributed by atoms with Crippen LogP contribution in [0.15, 0.2) is 48.8 Å². The predicted molar refractivity (Wildman–Crippen MR) is 136 cm³/mol. The Hall–Kier alpha value is -3.72. The molecule has 0 radical (unpaired) electrons. The van der Waals surface area contributed by atoms with Crippen molar-refractivity contribution in [3.05, 3.63) is 59.9 Å². The fourth-order valence-electron chi connectivity index (χ4n) is 3.42. The van der Waals surface area contributed by atoms with E-state index in [9.17, 15) is 14.4 Å². The summed E-state index contributed by atoms with van der Waals surface area (Å²) in [6, 6.07) is 9.77. The summed E-state index contributed by atoms with van der Waals surface area (Å²) in [7, 11) is 0. The molecule has 0 saturated heterocycles. The number of pyridine rings is 1. The van der Waals surface area contributed by atoms with Crippen molar-refractivity contribution in [1.29, 1.82) is 0 Å². The van der Waals surface area contributed by atoms with E-state index in [1.165, 1.54) is 0 Å². The number of nitrogens with one attached hydrogen (secondary N) is 1. The van der Waals surface area contributed by atoms with Crippen molar-refractivity contribution >= 4 is 23.5 Å². The lowest BCUT2D eigenvalue weighted by atomic mass is 10.1. The maximum absolute atomic E-state index is 12.5.